The molecule has 0 saturated carbocycles. The molecule has 0 aromatic rings. The number of hydrogen-bond acceptors (Lipinski definition) is 2. The van der Waals surface area contributed by atoms with Gasteiger partial charge in [-0.1, -0.05) is 23.4 Å². The minimum Gasteiger partial charge on any atom is -0.262 e. The quantitative estimate of drug-likeness (QED) is 0.363. The molecule has 0 saturated heterocycles. The molecule has 0 aromatic heterocycles. The van der Waals surface area contributed by atoms with Gasteiger partial charge in [-0.2, -0.15) is 0 Å². The first-order chi connectivity index (χ1) is 3.39. The molecule has 0 aliphatic carbocycles. The summed E-state index contributed by atoms with van der Waals surface area (Å²) in [5, 5.41) is 1.92. The maximum atomic E-state index is 5.53. The molecule has 0 aromatic carbocycles. The van der Waals surface area contributed by atoms with Crippen molar-refractivity contribution in [2.75, 3.05) is 0 Å². The van der Waals surface area contributed by atoms with E-state index in [0.29, 0.717) is 0 Å². The summed E-state index contributed by atoms with van der Waals surface area (Å²) in [4.78, 5) is 3.75. The van der Waals surface area contributed by atoms with Crippen LogP contribution < -0.4 is 0 Å². The maximum Gasteiger partial charge on any atom is 0.172 e. The third kappa shape index (κ3) is 1.53. The lowest BCUT2D eigenvalue weighted by molar-refractivity contribution is 1.30. The number of halogens is 1. The molecule has 7 heavy (non-hydrogen) atoms. The van der Waals surface area contributed by atoms with Crippen molar-refractivity contribution >= 4 is 29.6 Å². The fraction of sp³-hybridized carbons (Fsp3) is 0.250. The average molecular weight is 134 g/mol. The predicted octanol–water partition coefficient (Wildman–Crippen LogP) is 1.84. The van der Waals surface area contributed by atoms with E-state index in [0.717, 1.165) is 0 Å². The predicted molar refractivity (Wildman–Crippen MR) is 34.9 cm³/mol. The molecule has 1 atom stereocenters. The number of alkyl halides is 1. The topological polar surface area (TPSA) is 12.4 Å². The van der Waals surface area contributed by atoms with Gasteiger partial charge in [-0.3, -0.25) is 4.99 Å². The van der Waals surface area contributed by atoms with E-state index in [2.05, 4.69) is 4.99 Å². The second-order valence-electron chi connectivity index (χ2n) is 1.05. The number of nitrogens with zero attached hydrogens (tertiary/aromatic N) is 1. The molecule has 1 rings (SSSR count). The molecule has 0 N–H and O–H groups in total. The van der Waals surface area contributed by atoms with Crippen LogP contribution in [0.1, 0.15) is 0 Å². The van der Waals surface area contributed by atoms with Gasteiger partial charge in [0, 0.05) is 6.21 Å². The van der Waals surface area contributed by atoms with Crippen LogP contribution in [0.5, 0.6) is 0 Å². The zero-order valence-electron chi connectivity index (χ0n) is 3.54. The van der Waals surface area contributed by atoms with Crippen LogP contribution >= 0.6 is 23.4 Å². The Morgan fingerprint density at radius 1 is 1.71 bits per heavy atom. The molecular formula is C4H4ClNS. The van der Waals surface area contributed by atoms with Crippen molar-refractivity contribution in [2.45, 2.75) is 4.83 Å². The normalized spacial score (nSPS) is 28.4. The number of rotatable bonds is 0. The first-order valence-electron chi connectivity index (χ1n) is 1.87. The van der Waals surface area contributed by atoms with Crippen LogP contribution in [0.3, 0.4) is 0 Å². The van der Waals surface area contributed by atoms with E-state index >= 15 is 0 Å². The Balaban J connectivity index is 2.49. The summed E-state index contributed by atoms with van der Waals surface area (Å²) in [6, 6.07) is 0. The van der Waals surface area contributed by atoms with Crippen LogP contribution in [0.4, 0.5) is 0 Å². The van der Waals surface area contributed by atoms with Crippen molar-refractivity contribution < 1.29 is 0 Å². The summed E-state index contributed by atoms with van der Waals surface area (Å²) in [6.07, 6.45) is 3.57. The zero-order valence-corrected chi connectivity index (χ0v) is 5.12. The van der Waals surface area contributed by atoms with Gasteiger partial charge in [0.15, 0.2) is 4.83 Å². The van der Waals surface area contributed by atoms with Crippen LogP contribution in [0.2, 0.25) is 0 Å². The number of allylic oxidation sites excluding steroid dienone is 1. The van der Waals surface area contributed by atoms with Crippen molar-refractivity contribution in [2.24, 2.45) is 4.99 Å². The molecule has 1 heterocycles. The standard InChI is InChI=1S/C4H4ClNS/c5-4-6-2-1-3-7-4/h1-4H. The van der Waals surface area contributed by atoms with E-state index in [9.17, 15) is 0 Å². The molecule has 1 nitrogen and oxygen atoms in total. The average Bonchev–Trinajstić information content (AvgIpc) is 1.69. The van der Waals surface area contributed by atoms with Crippen LogP contribution in [0.15, 0.2) is 16.5 Å². The molecule has 3 heteroatoms. The van der Waals surface area contributed by atoms with Gasteiger partial charge in [-0.05, 0) is 11.5 Å². The highest BCUT2D eigenvalue weighted by Gasteiger charge is 1.97. The Bertz CT molecular complexity index is 110. The van der Waals surface area contributed by atoms with E-state index in [1.54, 1.807) is 6.21 Å². The highest BCUT2D eigenvalue weighted by molar-refractivity contribution is 8.03. The molecule has 0 bridgehead atoms. The first-order valence-corrected chi connectivity index (χ1v) is 3.25. The van der Waals surface area contributed by atoms with Crippen molar-refractivity contribution in [1.82, 2.24) is 0 Å². The second kappa shape index (κ2) is 2.38. The lowest BCUT2D eigenvalue weighted by Gasteiger charge is -1.99. The van der Waals surface area contributed by atoms with Crippen molar-refractivity contribution in [3.63, 3.8) is 0 Å². The van der Waals surface area contributed by atoms with E-state index in [-0.39, 0.29) is 4.83 Å². The van der Waals surface area contributed by atoms with Gasteiger partial charge in [0.2, 0.25) is 0 Å². The van der Waals surface area contributed by atoms with Gasteiger partial charge in [-0.15, -0.1) is 0 Å². The highest BCUT2D eigenvalue weighted by atomic mass is 35.5. The maximum absolute atomic E-state index is 5.53. The molecule has 1 aliphatic heterocycles. The van der Waals surface area contributed by atoms with E-state index < -0.39 is 0 Å². The van der Waals surface area contributed by atoms with Gasteiger partial charge >= 0.3 is 0 Å². The van der Waals surface area contributed by atoms with Crippen LogP contribution in [0, 0.1) is 0 Å². The third-order valence-corrected chi connectivity index (χ3v) is 1.64. The number of aliphatic imine (C=N–C) groups is 1. The summed E-state index contributed by atoms with van der Waals surface area (Å²) in [6.45, 7) is 0. The monoisotopic (exact) mass is 133 g/mol. The number of hydrogen-bond donors (Lipinski definition) is 0. The lowest BCUT2D eigenvalue weighted by atomic mass is 10.7. The Labute approximate surface area is 51.5 Å². The van der Waals surface area contributed by atoms with Gasteiger partial charge in [-0.25, -0.2) is 0 Å². The van der Waals surface area contributed by atoms with Crippen LogP contribution in [-0.2, 0) is 0 Å². The fourth-order valence-electron chi connectivity index (χ4n) is 0.298. The molecule has 0 amide bonds. The molecule has 1 aliphatic rings. The fourth-order valence-corrected chi connectivity index (χ4v) is 0.972. The lowest BCUT2D eigenvalue weighted by Crippen LogP contribution is -1.86. The highest BCUT2D eigenvalue weighted by Crippen LogP contribution is 2.19. The Morgan fingerprint density at radius 2 is 2.57 bits per heavy atom. The molecule has 0 radical (unpaired) electrons. The van der Waals surface area contributed by atoms with Crippen molar-refractivity contribution in [3.05, 3.63) is 11.5 Å². The summed E-state index contributed by atoms with van der Waals surface area (Å²) in [5.41, 5.74) is 0. The molecule has 1 unspecified atom stereocenters. The van der Waals surface area contributed by atoms with Gasteiger partial charge < -0.3 is 0 Å². The van der Waals surface area contributed by atoms with Crippen molar-refractivity contribution in [3.8, 4) is 0 Å². The molecule has 0 fully saturated rings. The third-order valence-electron chi connectivity index (χ3n) is 0.559. The summed E-state index contributed by atoms with van der Waals surface area (Å²) < 4.78 is 0. The summed E-state index contributed by atoms with van der Waals surface area (Å²) in [5.74, 6) is 0. The van der Waals surface area contributed by atoms with Crippen LogP contribution in [0.25, 0.3) is 0 Å². The molecule has 0 spiro atoms. The van der Waals surface area contributed by atoms with Gasteiger partial charge in [0.05, 0.1) is 0 Å². The second-order valence-corrected chi connectivity index (χ2v) is 2.72. The van der Waals surface area contributed by atoms with E-state index in [1.165, 1.54) is 11.8 Å². The summed E-state index contributed by atoms with van der Waals surface area (Å²) >= 11 is 7.04. The van der Waals surface area contributed by atoms with Crippen LogP contribution in [-0.4, -0.2) is 11.0 Å². The Hall–Kier alpha value is 0.0500. The molecular weight excluding hydrogens is 130 g/mol. The Morgan fingerprint density at radius 3 is 2.86 bits per heavy atom. The Kier molecular flexibility index (Phi) is 1.77. The molecule has 38 valence electrons. The van der Waals surface area contributed by atoms with Gasteiger partial charge in [0.25, 0.3) is 0 Å². The minimum atomic E-state index is -0.0926. The largest absolute Gasteiger partial charge is 0.262 e. The minimum absolute atomic E-state index is 0.0926. The van der Waals surface area contributed by atoms with E-state index in [1.807, 2.05) is 11.5 Å². The van der Waals surface area contributed by atoms with Gasteiger partial charge in [0.1, 0.15) is 0 Å². The SMILES string of the molecule is ClC1N=CC=CS1. The smallest absolute Gasteiger partial charge is 0.172 e. The zero-order chi connectivity index (χ0) is 5.11. The van der Waals surface area contributed by atoms with Crippen molar-refractivity contribution in [1.29, 1.82) is 0 Å². The summed E-state index contributed by atoms with van der Waals surface area (Å²) in [7, 11) is 0. The first kappa shape index (κ1) is 5.19. The number of thioether (sulfide) groups is 1. The van der Waals surface area contributed by atoms with E-state index in [4.69, 9.17) is 11.6 Å².